The molecule has 7 heteroatoms. The molecule has 2 aliphatic rings. The first-order valence-corrected chi connectivity index (χ1v) is 8.91. The van der Waals surface area contributed by atoms with Crippen LogP contribution in [-0.2, 0) is 10.0 Å². The lowest BCUT2D eigenvalue weighted by Crippen LogP contribution is -2.28. The summed E-state index contributed by atoms with van der Waals surface area (Å²) >= 11 is 0. The van der Waals surface area contributed by atoms with Crippen molar-refractivity contribution < 1.29 is 17.9 Å². The van der Waals surface area contributed by atoms with Crippen molar-refractivity contribution in [3.63, 3.8) is 0 Å². The Labute approximate surface area is 124 Å². The third-order valence-corrected chi connectivity index (χ3v) is 4.69. The summed E-state index contributed by atoms with van der Waals surface area (Å²) in [5.74, 6) is 1.31. The van der Waals surface area contributed by atoms with E-state index in [0.717, 1.165) is 19.3 Å². The topological polar surface area (TPSA) is 76.7 Å². The zero-order valence-electron chi connectivity index (χ0n) is 11.8. The third kappa shape index (κ3) is 4.25. The van der Waals surface area contributed by atoms with Gasteiger partial charge in [-0.1, -0.05) is 0 Å². The van der Waals surface area contributed by atoms with E-state index in [9.17, 15) is 8.42 Å². The first-order chi connectivity index (χ1) is 10.1. The molecule has 0 saturated heterocycles. The van der Waals surface area contributed by atoms with Crippen molar-refractivity contribution in [1.82, 2.24) is 5.32 Å². The van der Waals surface area contributed by atoms with Crippen LogP contribution >= 0.6 is 0 Å². The first kappa shape index (κ1) is 14.5. The normalized spacial score (nSPS) is 18.1. The highest BCUT2D eigenvalue weighted by molar-refractivity contribution is 7.92. The van der Waals surface area contributed by atoms with Crippen LogP contribution in [0.5, 0.6) is 11.5 Å². The van der Waals surface area contributed by atoms with E-state index in [-0.39, 0.29) is 5.75 Å². The molecule has 0 radical (unpaired) electrons. The molecular formula is C14H20N2O4S. The van der Waals surface area contributed by atoms with Crippen LogP contribution in [0.25, 0.3) is 0 Å². The lowest BCUT2D eigenvalue weighted by atomic mass is 10.3. The summed E-state index contributed by atoms with van der Waals surface area (Å²) in [6.07, 6.45) is 3.12. The molecule has 0 bridgehead atoms. The van der Waals surface area contributed by atoms with Gasteiger partial charge in [0.25, 0.3) is 0 Å². The van der Waals surface area contributed by atoms with Crippen molar-refractivity contribution in [3.05, 3.63) is 18.2 Å². The molecule has 0 spiro atoms. The van der Waals surface area contributed by atoms with Crippen LogP contribution in [0.4, 0.5) is 5.69 Å². The fourth-order valence-electron chi connectivity index (χ4n) is 2.14. The zero-order valence-corrected chi connectivity index (χ0v) is 12.6. The zero-order chi connectivity index (χ0) is 14.7. The maximum atomic E-state index is 12.0. The van der Waals surface area contributed by atoms with Gasteiger partial charge >= 0.3 is 0 Å². The Morgan fingerprint density at radius 3 is 2.67 bits per heavy atom. The van der Waals surface area contributed by atoms with E-state index in [2.05, 4.69) is 10.0 Å². The van der Waals surface area contributed by atoms with Gasteiger partial charge in [-0.25, -0.2) is 8.42 Å². The average Bonchev–Trinajstić information content (AvgIpc) is 3.24. The molecule has 0 unspecified atom stereocenters. The van der Waals surface area contributed by atoms with Gasteiger partial charge in [-0.3, -0.25) is 4.72 Å². The summed E-state index contributed by atoms with van der Waals surface area (Å²) in [6, 6.07) is 5.62. The monoisotopic (exact) mass is 312 g/mol. The Kier molecular flexibility index (Phi) is 4.21. The summed E-state index contributed by atoms with van der Waals surface area (Å²) < 4.78 is 37.7. The highest BCUT2D eigenvalue weighted by Gasteiger charge is 2.21. The van der Waals surface area contributed by atoms with Crippen LogP contribution in [0.2, 0.25) is 0 Å². The second-order valence-corrected chi connectivity index (χ2v) is 7.20. The number of rotatable bonds is 6. The molecule has 1 saturated carbocycles. The van der Waals surface area contributed by atoms with E-state index in [4.69, 9.17) is 9.47 Å². The van der Waals surface area contributed by atoms with E-state index < -0.39 is 10.0 Å². The third-order valence-electron chi connectivity index (χ3n) is 3.40. The van der Waals surface area contributed by atoms with Gasteiger partial charge in [0.15, 0.2) is 11.5 Å². The molecule has 1 aromatic carbocycles. The van der Waals surface area contributed by atoms with Crippen molar-refractivity contribution in [3.8, 4) is 11.5 Å². The molecule has 2 N–H and O–H groups in total. The maximum absolute atomic E-state index is 12.0. The van der Waals surface area contributed by atoms with Crippen LogP contribution in [0.1, 0.15) is 19.3 Å². The Balaban J connectivity index is 1.61. The van der Waals surface area contributed by atoms with Crippen LogP contribution in [0.3, 0.4) is 0 Å². The minimum absolute atomic E-state index is 0.0674. The highest BCUT2D eigenvalue weighted by Crippen LogP contribution is 2.32. The molecule has 3 rings (SSSR count). The van der Waals surface area contributed by atoms with E-state index in [1.165, 1.54) is 0 Å². The molecule has 0 aromatic heterocycles. The van der Waals surface area contributed by atoms with Crippen molar-refractivity contribution in [2.24, 2.45) is 0 Å². The summed E-state index contributed by atoms with van der Waals surface area (Å²) in [5, 5.41) is 3.19. The molecule has 0 amide bonds. The number of anilines is 1. The second kappa shape index (κ2) is 6.11. The van der Waals surface area contributed by atoms with Crippen molar-refractivity contribution in [2.75, 3.05) is 30.2 Å². The molecule has 1 aromatic rings. The van der Waals surface area contributed by atoms with Gasteiger partial charge in [0, 0.05) is 25.1 Å². The Hall–Kier alpha value is -1.47. The summed E-state index contributed by atoms with van der Waals surface area (Å²) in [6.45, 7) is 1.67. The maximum Gasteiger partial charge on any atom is 0.233 e. The Morgan fingerprint density at radius 2 is 1.90 bits per heavy atom. The van der Waals surface area contributed by atoms with E-state index in [1.807, 2.05) is 0 Å². The Bertz CT molecular complexity index is 599. The van der Waals surface area contributed by atoms with E-state index in [0.29, 0.717) is 43.0 Å². The number of hydrogen-bond acceptors (Lipinski definition) is 5. The molecule has 6 nitrogen and oxygen atoms in total. The van der Waals surface area contributed by atoms with Gasteiger partial charge in [-0.2, -0.15) is 0 Å². The van der Waals surface area contributed by atoms with Crippen LogP contribution in [0, 0.1) is 0 Å². The molecular weight excluding hydrogens is 292 g/mol. The van der Waals surface area contributed by atoms with Gasteiger partial charge in [0.2, 0.25) is 10.0 Å². The fraction of sp³-hybridized carbons (Fsp3) is 0.571. The molecule has 1 aliphatic heterocycles. The number of nitrogens with one attached hydrogen (secondary N) is 2. The predicted octanol–water partition coefficient (Wildman–Crippen LogP) is 1.34. The summed E-state index contributed by atoms with van der Waals surface area (Å²) in [5.41, 5.74) is 0.505. The van der Waals surface area contributed by atoms with Crippen molar-refractivity contribution >= 4 is 15.7 Å². The van der Waals surface area contributed by atoms with Gasteiger partial charge in [0.05, 0.1) is 24.7 Å². The van der Waals surface area contributed by atoms with Gasteiger partial charge in [-0.15, -0.1) is 0 Å². The number of sulfonamides is 1. The van der Waals surface area contributed by atoms with Crippen LogP contribution in [-0.4, -0.2) is 40.0 Å². The number of fused-ring (bicyclic) bond motifs is 1. The molecule has 1 heterocycles. The standard InChI is InChI=1S/C14H20N2O4S/c17-21(18,9-6-15-11-2-3-11)16-12-4-5-13-14(10-12)20-8-1-7-19-13/h4-5,10-11,15-16H,1-3,6-9H2. The quantitative estimate of drug-likeness (QED) is 0.829. The molecule has 0 atom stereocenters. The van der Waals surface area contributed by atoms with Crippen LogP contribution < -0.4 is 19.5 Å². The minimum Gasteiger partial charge on any atom is -0.490 e. The van der Waals surface area contributed by atoms with Crippen molar-refractivity contribution in [2.45, 2.75) is 25.3 Å². The van der Waals surface area contributed by atoms with Crippen molar-refractivity contribution in [1.29, 1.82) is 0 Å². The largest absolute Gasteiger partial charge is 0.490 e. The minimum atomic E-state index is -3.35. The Morgan fingerprint density at radius 1 is 1.14 bits per heavy atom. The average molecular weight is 312 g/mol. The number of hydrogen-bond donors (Lipinski definition) is 2. The van der Waals surface area contributed by atoms with E-state index >= 15 is 0 Å². The molecule has 21 heavy (non-hydrogen) atoms. The second-order valence-electron chi connectivity index (χ2n) is 5.36. The summed E-state index contributed by atoms with van der Waals surface area (Å²) in [7, 11) is -3.35. The lowest BCUT2D eigenvalue weighted by molar-refractivity contribution is 0.297. The fourth-order valence-corrected chi connectivity index (χ4v) is 3.12. The van der Waals surface area contributed by atoms with Gasteiger partial charge < -0.3 is 14.8 Å². The molecule has 1 fully saturated rings. The first-order valence-electron chi connectivity index (χ1n) is 7.26. The SMILES string of the molecule is O=S(=O)(CCNC1CC1)Nc1ccc2c(c1)OCCCO2. The predicted molar refractivity (Wildman–Crippen MR) is 80.5 cm³/mol. The van der Waals surface area contributed by atoms with Gasteiger partial charge in [0.1, 0.15) is 0 Å². The molecule has 1 aliphatic carbocycles. The van der Waals surface area contributed by atoms with Gasteiger partial charge in [-0.05, 0) is 25.0 Å². The lowest BCUT2D eigenvalue weighted by Gasteiger charge is -2.12. The highest BCUT2D eigenvalue weighted by atomic mass is 32.2. The summed E-state index contributed by atoms with van der Waals surface area (Å²) in [4.78, 5) is 0. The smallest absolute Gasteiger partial charge is 0.233 e. The molecule has 116 valence electrons. The van der Waals surface area contributed by atoms with Crippen LogP contribution in [0.15, 0.2) is 18.2 Å². The van der Waals surface area contributed by atoms with E-state index in [1.54, 1.807) is 18.2 Å². The number of ether oxygens (including phenoxy) is 2. The number of benzene rings is 1.